The first kappa shape index (κ1) is 20.0. The van der Waals surface area contributed by atoms with Gasteiger partial charge in [-0.1, -0.05) is 22.8 Å². The van der Waals surface area contributed by atoms with Gasteiger partial charge in [-0.25, -0.2) is 0 Å². The topological polar surface area (TPSA) is 64.8 Å². The predicted molar refractivity (Wildman–Crippen MR) is 115 cm³/mol. The van der Waals surface area contributed by atoms with E-state index in [-0.39, 0.29) is 5.91 Å². The summed E-state index contributed by atoms with van der Waals surface area (Å²) in [7, 11) is 3.17. The van der Waals surface area contributed by atoms with Crippen LogP contribution in [0, 0.1) is 0 Å². The lowest BCUT2D eigenvalue weighted by Gasteiger charge is -2.24. The van der Waals surface area contributed by atoms with Crippen molar-refractivity contribution in [2.45, 2.75) is 13.0 Å². The molecule has 0 N–H and O–H groups in total. The van der Waals surface area contributed by atoms with Gasteiger partial charge in [-0.05, 0) is 54.5 Å². The largest absolute Gasteiger partial charge is 0.493 e. The number of amides is 1. The first-order valence-electron chi connectivity index (χ1n) is 9.51. The van der Waals surface area contributed by atoms with Crippen LogP contribution in [0.1, 0.15) is 16.8 Å². The predicted octanol–water partition coefficient (Wildman–Crippen LogP) is 4.61. The average Bonchev–Trinajstić information content (AvgIpc) is 3.21. The lowest BCUT2D eigenvalue weighted by Crippen LogP contribution is -2.34. The summed E-state index contributed by atoms with van der Waals surface area (Å²) in [6, 6.07) is 13.0. The molecule has 0 saturated heterocycles. The van der Waals surface area contributed by atoms with Gasteiger partial charge in [0.25, 0.3) is 0 Å². The highest BCUT2D eigenvalue weighted by molar-refractivity contribution is 6.30. The third kappa shape index (κ3) is 4.04. The zero-order valence-electron chi connectivity index (χ0n) is 16.7. The van der Waals surface area contributed by atoms with Crippen molar-refractivity contribution >= 4 is 23.6 Å². The van der Waals surface area contributed by atoms with Gasteiger partial charge in [-0.2, -0.15) is 0 Å². The molecular formula is C23H21ClN2O4. The zero-order chi connectivity index (χ0) is 21.1. The number of hydrogen-bond acceptors (Lipinski definition) is 5. The number of rotatable bonds is 5. The standard InChI is InChI=1S/C23H21ClN2O4/c1-28-20-9-3-15(13-21(20)29-2)4-10-22(27)26-12-11-18-19(14-26)25-30-23(18)16-5-7-17(24)8-6-16/h3-10,13H,11-12,14H2,1-2H3/b10-4+. The van der Waals surface area contributed by atoms with Crippen LogP contribution in [0.15, 0.2) is 53.1 Å². The van der Waals surface area contributed by atoms with Crippen molar-refractivity contribution in [3.05, 3.63) is 70.4 Å². The van der Waals surface area contributed by atoms with Crippen molar-refractivity contribution < 1.29 is 18.8 Å². The third-order valence-corrected chi connectivity index (χ3v) is 5.34. The summed E-state index contributed by atoms with van der Waals surface area (Å²) < 4.78 is 16.1. The number of ether oxygens (including phenoxy) is 2. The third-order valence-electron chi connectivity index (χ3n) is 5.09. The van der Waals surface area contributed by atoms with E-state index < -0.39 is 0 Å². The van der Waals surface area contributed by atoms with Crippen LogP contribution >= 0.6 is 11.6 Å². The van der Waals surface area contributed by atoms with Gasteiger partial charge in [0.15, 0.2) is 17.3 Å². The number of carbonyl (C=O) groups is 1. The van der Waals surface area contributed by atoms with Gasteiger partial charge >= 0.3 is 0 Å². The molecule has 1 aromatic heterocycles. The monoisotopic (exact) mass is 424 g/mol. The van der Waals surface area contributed by atoms with E-state index >= 15 is 0 Å². The Morgan fingerprint density at radius 3 is 2.63 bits per heavy atom. The number of fused-ring (bicyclic) bond motifs is 1. The maximum Gasteiger partial charge on any atom is 0.246 e. The van der Waals surface area contributed by atoms with E-state index in [0.717, 1.165) is 28.1 Å². The molecular weight excluding hydrogens is 404 g/mol. The van der Waals surface area contributed by atoms with E-state index in [0.29, 0.717) is 36.0 Å². The minimum atomic E-state index is -0.0773. The van der Waals surface area contributed by atoms with Gasteiger partial charge in [0.2, 0.25) is 5.91 Å². The summed E-state index contributed by atoms with van der Waals surface area (Å²) in [4.78, 5) is 14.4. The molecule has 0 bridgehead atoms. The molecule has 154 valence electrons. The summed E-state index contributed by atoms with van der Waals surface area (Å²) >= 11 is 5.97. The molecule has 6 nitrogen and oxygen atoms in total. The van der Waals surface area contributed by atoms with Gasteiger partial charge in [-0.15, -0.1) is 0 Å². The second-order valence-corrected chi connectivity index (χ2v) is 7.34. The van der Waals surface area contributed by atoms with E-state index in [1.165, 1.54) is 0 Å². The second-order valence-electron chi connectivity index (χ2n) is 6.90. The molecule has 4 rings (SSSR count). The summed E-state index contributed by atoms with van der Waals surface area (Å²) in [6.45, 7) is 1.02. The molecule has 1 aliphatic rings. The fourth-order valence-corrected chi connectivity index (χ4v) is 3.60. The van der Waals surface area contributed by atoms with Crippen molar-refractivity contribution in [2.75, 3.05) is 20.8 Å². The maximum absolute atomic E-state index is 12.7. The van der Waals surface area contributed by atoms with E-state index in [2.05, 4.69) is 5.16 Å². The number of nitrogens with zero attached hydrogens (tertiary/aromatic N) is 2. The molecule has 0 aliphatic carbocycles. The lowest BCUT2D eigenvalue weighted by molar-refractivity contribution is -0.126. The van der Waals surface area contributed by atoms with Crippen molar-refractivity contribution in [3.63, 3.8) is 0 Å². The van der Waals surface area contributed by atoms with Gasteiger partial charge in [0.05, 0.1) is 20.8 Å². The van der Waals surface area contributed by atoms with Crippen LogP contribution in [0.2, 0.25) is 5.02 Å². The number of benzene rings is 2. The number of hydrogen-bond donors (Lipinski definition) is 0. The minimum Gasteiger partial charge on any atom is -0.493 e. The molecule has 0 radical (unpaired) electrons. The smallest absolute Gasteiger partial charge is 0.246 e. The summed E-state index contributed by atoms with van der Waals surface area (Å²) in [5, 5.41) is 4.86. The Balaban J connectivity index is 1.46. The molecule has 0 unspecified atom stereocenters. The van der Waals surface area contributed by atoms with Crippen LogP contribution < -0.4 is 9.47 Å². The molecule has 7 heteroatoms. The Kier molecular flexibility index (Phi) is 5.77. The Labute approximate surface area is 179 Å². The Bertz CT molecular complexity index is 1090. The molecule has 30 heavy (non-hydrogen) atoms. The molecule has 0 atom stereocenters. The number of methoxy groups -OCH3 is 2. The van der Waals surface area contributed by atoms with Crippen LogP contribution in [0.3, 0.4) is 0 Å². The first-order chi connectivity index (χ1) is 14.6. The lowest BCUT2D eigenvalue weighted by atomic mass is 10.0. The molecule has 3 aromatic rings. The molecule has 2 aromatic carbocycles. The summed E-state index contributed by atoms with van der Waals surface area (Å²) in [5.74, 6) is 1.93. The van der Waals surface area contributed by atoms with Gasteiger partial charge < -0.3 is 18.9 Å². The first-order valence-corrected chi connectivity index (χ1v) is 9.89. The zero-order valence-corrected chi connectivity index (χ0v) is 17.5. The van der Waals surface area contributed by atoms with E-state index in [1.54, 1.807) is 31.3 Å². The molecule has 0 saturated carbocycles. The number of carbonyl (C=O) groups excluding carboxylic acids is 1. The Hall–Kier alpha value is -3.25. The summed E-state index contributed by atoms with van der Waals surface area (Å²) in [5.41, 5.74) is 3.62. The molecule has 0 spiro atoms. The highest BCUT2D eigenvalue weighted by Crippen LogP contribution is 2.31. The highest BCUT2D eigenvalue weighted by atomic mass is 35.5. The maximum atomic E-state index is 12.7. The van der Waals surface area contributed by atoms with E-state index in [1.807, 2.05) is 42.5 Å². The fraction of sp³-hybridized carbons (Fsp3) is 0.217. The van der Waals surface area contributed by atoms with E-state index in [9.17, 15) is 4.79 Å². The van der Waals surface area contributed by atoms with Crippen molar-refractivity contribution in [3.8, 4) is 22.8 Å². The van der Waals surface area contributed by atoms with Crippen molar-refractivity contribution in [1.29, 1.82) is 0 Å². The fourth-order valence-electron chi connectivity index (χ4n) is 3.48. The highest BCUT2D eigenvalue weighted by Gasteiger charge is 2.26. The van der Waals surface area contributed by atoms with Crippen LogP contribution in [0.4, 0.5) is 0 Å². The molecule has 1 aliphatic heterocycles. The Morgan fingerprint density at radius 1 is 1.13 bits per heavy atom. The van der Waals surface area contributed by atoms with E-state index in [4.69, 9.17) is 25.6 Å². The minimum absolute atomic E-state index is 0.0773. The SMILES string of the molecule is COc1ccc(/C=C/C(=O)N2CCc3c(noc3-c3ccc(Cl)cc3)C2)cc1OC. The molecule has 1 amide bonds. The second kappa shape index (κ2) is 8.63. The van der Waals surface area contributed by atoms with Crippen LogP contribution in [0.25, 0.3) is 17.4 Å². The number of aromatic nitrogens is 1. The van der Waals surface area contributed by atoms with Crippen LogP contribution in [-0.4, -0.2) is 36.7 Å². The van der Waals surface area contributed by atoms with Gasteiger partial charge in [0.1, 0.15) is 5.69 Å². The van der Waals surface area contributed by atoms with Crippen molar-refractivity contribution in [2.24, 2.45) is 0 Å². The van der Waals surface area contributed by atoms with Gasteiger partial charge in [-0.3, -0.25) is 4.79 Å². The van der Waals surface area contributed by atoms with Crippen LogP contribution in [-0.2, 0) is 17.8 Å². The summed E-state index contributed by atoms with van der Waals surface area (Å²) in [6.07, 6.45) is 4.01. The molecule has 2 heterocycles. The van der Waals surface area contributed by atoms with Crippen LogP contribution in [0.5, 0.6) is 11.5 Å². The normalized spacial score (nSPS) is 13.4. The average molecular weight is 425 g/mol. The Morgan fingerprint density at radius 2 is 1.90 bits per heavy atom. The van der Waals surface area contributed by atoms with Crippen molar-refractivity contribution in [1.82, 2.24) is 10.1 Å². The van der Waals surface area contributed by atoms with Gasteiger partial charge in [0, 0.05) is 28.8 Å². The number of halogens is 1. The quantitative estimate of drug-likeness (QED) is 0.559. The molecule has 0 fully saturated rings.